The van der Waals surface area contributed by atoms with Gasteiger partial charge in [-0.15, -0.1) is 0 Å². The number of thiophene rings is 1. The van der Waals surface area contributed by atoms with Gasteiger partial charge in [0.15, 0.2) is 4.88 Å². The van der Waals surface area contributed by atoms with Crippen molar-refractivity contribution < 1.29 is 4.55 Å². The molecule has 0 saturated carbocycles. The fourth-order valence-electron chi connectivity index (χ4n) is 4.48. The van der Waals surface area contributed by atoms with Crippen molar-refractivity contribution in [1.29, 1.82) is 0 Å². The second-order valence-corrected chi connectivity index (χ2v) is 9.58. The fraction of sp³-hybridized carbons (Fsp3) is 0.238. The van der Waals surface area contributed by atoms with Crippen LogP contribution in [0.3, 0.4) is 0 Å². The topological polar surface area (TPSA) is 52.3 Å². The van der Waals surface area contributed by atoms with Crippen LogP contribution in [-0.4, -0.2) is 16.0 Å². The summed E-state index contributed by atoms with van der Waals surface area (Å²) in [6.45, 7) is 2.36. The molecule has 0 saturated heterocycles. The summed E-state index contributed by atoms with van der Waals surface area (Å²) < 4.78 is 13.0. The number of fused-ring (bicyclic) bond motifs is 2. The van der Waals surface area contributed by atoms with Crippen LogP contribution in [0.2, 0.25) is 10.0 Å². The summed E-state index contributed by atoms with van der Waals surface area (Å²) in [4.78, 5) is 3.32. The fourth-order valence-corrected chi connectivity index (χ4v) is 6.28. The lowest BCUT2D eigenvalue weighted by molar-refractivity contribution is 0.233. The Bertz CT molecular complexity index is 1050. The molecule has 1 aromatic heterocycles. The first-order valence-corrected chi connectivity index (χ1v) is 10.8. The quantitative estimate of drug-likeness (QED) is 0.572. The molecule has 6 heteroatoms. The molecule has 2 aliphatic rings. The molecule has 2 heterocycles. The number of rotatable bonds is 2. The summed E-state index contributed by atoms with van der Waals surface area (Å²) in [5, 5.41) is 1.64. The standard InChI is InChI=1S/C21H18Cl2N2OS/c22-17-7-13-6-15-20-16(14(13)8-18(17)23)10-25(9-12-4-2-1-3-5-12)11-19(20)27(26)21(15)24/h1-5,7-8,16H,6,9-11,24H2. The van der Waals surface area contributed by atoms with Crippen molar-refractivity contribution in [1.82, 2.24) is 4.90 Å². The zero-order valence-corrected chi connectivity index (χ0v) is 16.9. The van der Waals surface area contributed by atoms with Gasteiger partial charge in [0.25, 0.3) is 0 Å². The Hall–Kier alpha value is -1.56. The van der Waals surface area contributed by atoms with Gasteiger partial charge in [-0.2, -0.15) is 0 Å². The average molecular weight is 417 g/mol. The van der Waals surface area contributed by atoms with Gasteiger partial charge in [-0.1, -0.05) is 53.5 Å². The van der Waals surface area contributed by atoms with Gasteiger partial charge in [-0.3, -0.25) is 4.90 Å². The summed E-state index contributed by atoms with van der Waals surface area (Å²) >= 11 is 12.6. The summed E-state index contributed by atoms with van der Waals surface area (Å²) in [5.74, 6) is 0.135. The minimum Gasteiger partial charge on any atom is -0.589 e. The lowest BCUT2D eigenvalue weighted by atomic mass is 9.77. The number of benzene rings is 2. The van der Waals surface area contributed by atoms with Crippen molar-refractivity contribution in [3.8, 4) is 0 Å². The minimum atomic E-state index is -1.24. The second-order valence-electron chi connectivity index (χ2n) is 7.30. The largest absolute Gasteiger partial charge is 0.589 e. The van der Waals surface area contributed by atoms with Crippen LogP contribution in [0.25, 0.3) is 0 Å². The van der Waals surface area contributed by atoms with Crippen LogP contribution in [-0.2, 0) is 19.5 Å². The van der Waals surface area contributed by atoms with Crippen molar-refractivity contribution in [2.45, 2.75) is 25.4 Å². The molecule has 2 atom stereocenters. The number of nitrogen functional groups attached to an aromatic ring is 1. The number of hydrogen-bond donors (Lipinski definition) is 1. The van der Waals surface area contributed by atoms with Crippen molar-refractivity contribution >= 4 is 39.0 Å². The van der Waals surface area contributed by atoms with E-state index in [0.717, 1.165) is 29.1 Å². The molecule has 5 rings (SSSR count). The van der Waals surface area contributed by atoms with Crippen LogP contribution in [0.5, 0.6) is 0 Å². The van der Waals surface area contributed by atoms with Crippen LogP contribution in [0.1, 0.15) is 38.6 Å². The Morgan fingerprint density at radius 3 is 2.67 bits per heavy atom. The molecular formula is C21H18Cl2N2OS. The van der Waals surface area contributed by atoms with Crippen LogP contribution in [0, 0.1) is 0 Å². The summed E-state index contributed by atoms with van der Waals surface area (Å²) in [7, 11) is -1.24. The maximum atomic E-state index is 13.0. The Morgan fingerprint density at radius 2 is 1.89 bits per heavy atom. The number of anilines is 1. The maximum absolute atomic E-state index is 13.0. The molecule has 0 amide bonds. The minimum absolute atomic E-state index is 0.135. The summed E-state index contributed by atoms with van der Waals surface area (Å²) in [6.07, 6.45) is 0.678. The summed E-state index contributed by atoms with van der Waals surface area (Å²) in [5.41, 5.74) is 12.1. The van der Waals surface area contributed by atoms with E-state index in [2.05, 4.69) is 17.0 Å². The van der Waals surface area contributed by atoms with E-state index in [1.54, 1.807) is 0 Å². The number of nitrogens with two attached hydrogens (primary N) is 1. The molecule has 0 radical (unpaired) electrons. The highest BCUT2D eigenvalue weighted by molar-refractivity contribution is 7.29. The number of halogens is 2. The molecule has 0 bridgehead atoms. The van der Waals surface area contributed by atoms with E-state index in [9.17, 15) is 4.55 Å². The molecule has 1 aliphatic heterocycles. The van der Waals surface area contributed by atoms with Crippen molar-refractivity contribution in [3.05, 3.63) is 85.2 Å². The van der Waals surface area contributed by atoms with Crippen LogP contribution >= 0.6 is 34.0 Å². The highest BCUT2D eigenvalue weighted by Gasteiger charge is 2.41. The van der Waals surface area contributed by atoms with Gasteiger partial charge in [0, 0.05) is 36.6 Å². The molecule has 2 unspecified atom stereocenters. The Labute approximate surface area is 171 Å². The molecule has 0 spiro atoms. The van der Waals surface area contributed by atoms with Crippen LogP contribution in [0.15, 0.2) is 42.5 Å². The first kappa shape index (κ1) is 17.5. The predicted octanol–water partition coefficient (Wildman–Crippen LogP) is 5.36. The summed E-state index contributed by atoms with van der Waals surface area (Å²) in [6, 6.07) is 14.3. The molecule has 2 N–H and O–H groups in total. The van der Waals surface area contributed by atoms with Gasteiger partial charge in [0.05, 0.1) is 16.6 Å². The normalized spacial score (nSPS) is 18.9. The third kappa shape index (κ3) is 2.79. The Balaban J connectivity index is 1.61. The monoisotopic (exact) mass is 416 g/mol. The highest BCUT2D eigenvalue weighted by atomic mass is 35.5. The Morgan fingerprint density at radius 1 is 1.15 bits per heavy atom. The molecule has 138 valence electrons. The molecule has 3 aromatic rings. The average Bonchev–Trinajstić information content (AvgIpc) is 2.90. The highest BCUT2D eigenvalue weighted by Crippen LogP contribution is 2.52. The van der Waals surface area contributed by atoms with E-state index >= 15 is 0 Å². The zero-order chi connectivity index (χ0) is 18.7. The van der Waals surface area contributed by atoms with Crippen LogP contribution in [0.4, 0.5) is 5.00 Å². The van der Waals surface area contributed by atoms with E-state index in [0.29, 0.717) is 28.0 Å². The Kier molecular flexibility index (Phi) is 4.22. The van der Waals surface area contributed by atoms with E-state index in [1.165, 1.54) is 16.7 Å². The SMILES string of the molecule is Nc1c2c3c([s+]1[O-])CN(Cc1ccccc1)CC3c1cc(Cl)c(Cl)cc1C2. The first-order chi connectivity index (χ1) is 13.0. The molecule has 1 aliphatic carbocycles. The lowest BCUT2D eigenvalue weighted by Crippen LogP contribution is -2.35. The van der Waals surface area contributed by atoms with Crippen molar-refractivity contribution in [3.63, 3.8) is 0 Å². The van der Waals surface area contributed by atoms with Crippen LogP contribution < -0.4 is 5.73 Å². The number of nitrogens with zero attached hydrogens (tertiary/aromatic N) is 1. The van der Waals surface area contributed by atoms with Gasteiger partial charge < -0.3 is 10.3 Å². The number of hydrogen-bond acceptors (Lipinski definition) is 3. The third-order valence-electron chi connectivity index (χ3n) is 5.68. The van der Waals surface area contributed by atoms with E-state index in [1.807, 2.05) is 30.3 Å². The van der Waals surface area contributed by atoms with E-state index in [4.69, 9.17) is 28.9 Å². The smallest absolute Gasteiger partial charge is 0.241 e. The van der Waals surface area contributed by atoms with Gasteiger partial charge in [-0.25, -0.2) is 0 Å². The predicted molar refractivity (Wildman–Crippen MR) is 111 cm³/mol. The van der Waals surface area contributed by atoms with Gasteiger partial charge in [-0.05, 0) is 39.6 Å². The van der Waals surface area contributed by atoms with Gasteiger partial charge >= 0.3 is 0 Å². The van der Waals surface area contributed by atoms with Crippen molar-refractivity contribution in [2.75, 3.05) is 12.3 Å². The van der Waals surface area contributed by atoms with E-state index in [-0.39, 0.29) is 5.92 Å². The second kappa shape index (κ2) is 6.50. The molecular weight excluding hydrogens is 399 g/mol. The maximum Gasteiger partial charge on any atom is 0.241 e. The zero-order valence-electron chi connectivity index (χ0n) is 14.5. The third-order valence-corrected chi connectivity index (χ3v) is 7.84. The van der Waals surface area contributed by atoms with Crippen molar-refractivity contribution in [2.24, 2.45) is 0 Å². The van der Waals surface area contributed by atoms with E-state index < -0.39 is 10.8 Å². The van der Waals surface area contributed by atoms with Gasteiger partial charge in [0.2, 0.25) is 5.00 Å². The molecule has 0 fully saturated rings. The molecule has 27 heavy (non-hydrogen) atoms. The molecule has 3 nitrogen and oxygen atoms in total. The molecule has 2 aromatic carbocycles. The lowest BCUT2D eigenvalue weighted by Gasteiger charge is -2.35. The van der Waals surface area contributed by atoms with Gasteiger partial charge in [0.1, 0.15) is 0 Å². The first-order valence-electron chi connectivity index (χ1n) is 8.91.